The Hall–Kier alpha value is -1.83. The highest BCUT2D eigenvalue weighted by atomic mass is 19.4. The molecule has 5 nitrogen and oxygen atoms in total. The van der Waals surface area contributed by atoms with Gasteiger partial charge in [-0.15, -0.1) is 0 Å². The molecule has 2 fully saturated rings. The first-order valence-corrected chi connectivity index (χ1v) is 9.11. The number of carbonyl (C=O) groups excluding carboxylic acids is 1. The number of hydrogen-bond donors (Lipinski definition) is 1. The molecule has 2 atom stereocenters. The number of halogens is 3. The number of anilines is 1. The summed E-state index contributed by atoms with van der Waals surface area (Å²) in [7, 11) is 0. The van der Waals surface area contributed by atoms with Crippen molar-refractivity contribution in [3.05, 3.63) is 23.9 Å². The second-order valence-electron chi connectivity index (χ2n) is 6.95. The SMILES string of the molecule is O=C(N[C@@H]1CCC[C@H](OCC(F)(F)F)C1)c1cccnc1N1CCCC1. The zero-order chi connectivity index (χ0) is 18.6. The van der Waals surface area contributed by atoms with Crippen LogP contribution < -0.4 is 10.2 Å². The van der Waals surface area contributed by atoms with Crippen LogP contribution in [0, 0.1) is 0 Å². The number of ether oxygens (including phenoxy) is 1. The van der Waals surface area contributed by atoms with E-state index in [0.29, 0.717) is 24.2 Å². The molecule has 144 valence electrons. The summed E-state index contributed by atoms with van der Waals surface area (Å²) >= 11 is 0. The maximum Gasteiger partial charge on any atom is 0.411 e. The second kappa shape index (κ2) is 8.24. The summed E-state index contributed by atoms with van der Waals surface area (Å²) in [6.45, 7) is 0.530. The highest BCUT2D eigenvalue weighted by Crippen LogP contribution is 2.26. The van der Waals surface area contributed by atoms with Crippen LogP contribution in [0.2, 0.25) is 0 Å². The van der Waals surface area contributed by atoms with E-state index >= 15 is 0 Å². The summed E-state index contributed by atoms with van der Waals surface area (Å²) in [5, 5.41) is 2.96. The normalized spacial score (nSPS) is 23.9. The molecule has 1 N–H and O–H groups in total. The van der Waals surface area contributed by atoms with Gasteiger partial charge in [0.05, 0.1) is 11.7 Å². The number of rotatable bonds is 5. The molecule has 1 saturated carbocycles. The van der Waals surface area contributed by atoms with Gasteiger partial charge in [0.15, 0.2) is 0 Å². The Bertz CT molecular complexity index is 618. The van der Waals surface area contributed by atoms with Crippen LogP contribution in [0.1, 0.15) is 48.9 Å². The fourth-order valence-electron chi connectivity index (χ4n) is 3.66. The summed E-state index contributed by atoms with van der Waals surface area (Å²) in [6, 6.07) is 3.29. The largest absolute Gasteiger partial charge is 0.411 e. The molecule has 0 spiro atoms. The lowest BCUT2D eigenvalue weighted by atomic mass is 9.92. The highest BCUT2D eigenvalue weighted by Gasteiger charge is 2.32. The van der Waals surface area contributed by atoms with E-state index in [1.165, 1.54) is 0 Å². The molecule has 2 aliphatic rings. The number of pyridine rings is 1. The lowest BCUT2D eigenvalue weighted by Gasteiger charge is -2.30. The van der Waals surface area contributed by atoms with Crippen molar-refractivity contribution in [3.63, 3.8) is 0 Å². The Morgan fingerprint density at radius 1 is 1.27 bits per heavy atom. The van der Waals surface area contributed by atoms with Crippen LogP contribution in [0.4, 0.5) is 19.0 Å². The van der Waals surface area contributed by atoms with Crippen molar-refractivity contribution >= 4 is 11.7 Å². The van der Waals surface area contributed by atoms with Gasteiger partial charge >= 0.3 is 6.18 Å². The summed E-state index contributed by atoms with van der Waals surface area (Å²) in [5.74, 6) is 0.463. The van der Waals surface area contributed by atoms with Crippen LogP contribution in [0.3, 0.4) is 0 Å². The predicted octanol–water partition coefficient (Wildman–Crippen LogP) is 3.30. The summed E-state index contributed by atoms with van der Waals surface area (Å²) < 4.78 is 41.9. The van der Waals surface area contributed by atoms with Gasteiger partial charge in [-0.1, -0.05) is 0 Å². The van der Waals surface area contributed by atoms with Gasteiger partial charge in [-0.2, -0.15) is 13.2 Å². The second-order valence-corrected chi connectivity index (χ2v) is 6.95. The van der Waals surface area contributed by atoms with Crippen molar-refractivity contribution in [3.8, 4) is 0 Å². The number of alkyl halides is 3. The van der Waals surface area contributed by atoms with Crippen LogP contribution in [0.5, 0.6) is 0 Å². The topological polar surface area (TPSA) is 54.5 Å². The maximum absolute atomic E-state index is 12.7. The Morgan fingerprint density at radius 3 is 2.77 bits per heavy atom. The number of hydrogen-bond acceptors (Lipinski definition) is 4. The van der Waals surface area contributed by atoms with Gasteiger partial charge in [0.2, 0.25) is 0 Å². The highest BCUT2D eigenvalue weighted by molar-refractivity contribution is 5.99. The van der Waals surface area contributed by atoms with Gasteiger partial charge in [-0.3, -0.25) is 4.79 Å². The van der Waals surface area contributed by atoms with Crippen molar-refractivity contribution < 1.29 is 22.7 Å². The van der Waals surface area contributed by atoms with Crippen LogP contribution in [-0.2, 0) is 4.74 Å². The quantitative estimate of drug-likeness (QED) is 0.863. The first-order chi connectivity index (χ1) is 12.4. The molecule has 1 amide bonds. The molecule has 3 rings (SSSR count). The lowest BCUT2D eigenvalue weighted by molar-refractivity contribution is -0.188. The van der Waals surface area contributed by atoms with Crippen LogP contribution >= 0.6 is 0 Å². The van der Waals surface area contributed by atoms with E-state index in [0.717, 1.165) is 38.8 Å². The fourth-order valence-corrected chi connectivity index (χ4v) is 3.66. The lowest BCUT2D eigenvalue weighted by Crippen LogP contribution is -2.41. The van der Waals surface area contributed by atoms with Crippen molar-refractivity contribution in [2.24, 2.45) is 0 Å². The average Bonchev–Trinajstić information content (AvgIpc) is 3.14. The van der Waals surface area contributed by atoms with E-state index in [1.54, 1.807) is 18.3 Å². The molecule has 1 aliphatic heterocycles. The van der Waals surface area contributed by atoms with E-state index < -0.39 is 18.9 Å². The first kappa shape index (κ1) is 18.9. The van der Waals surface area contributed by atoms with Gasteiger partial charge in [0.1, 0.15) is 12.4 Å². The molecule has 0 aromatic carbocycles. The smallest absolute Gasteiger partial charge is 0.369 e. The number of nitrogens with zero attached hydrogens (tertiary/aromatic N) is 2. The van der Waals surface area contributed by atoms with Crippen LogP contribution in [-0.4, -0.2) is 48.9 Å². The number of aromatic nitrogens is 1. The molecule has 0 bridgehead atoms. The van der Waals surface area contributed by atoms with Gasteiger partial charge in [-0.25, -0.2) is 4.98 Å². The Labute approximate surface area is 150 Å². The minimum Gasteiger partial charge on any atom is -0.369 e. The van der Waals surface area contributed by atoms with Crippen LogP contribution in [0.15, 0.2) is 18.3 Å². The number of carbonyl (C=O) groups is 1. The molecule has 8 heteroatoms. The minimum atomic E-state index is -4.32. The van der Waals surface area contributed by atoms with Gasteiger partial charge in [0, 0.05) is 25.3 Å². The average molecular weight is 371 g/mol. The van der Waals surface area contributed by atoms with E-state index in [2.05, 4.69) is 15.2 Å². The zero-order valence-corrected chi connectivity index (χ0v) is 14.6. The van der Waals surface area contributed by atoms with Crippen LogP contribution in [0.25, 0.3) is 0 Å². The third-order valence-electron chi connectivity index (χ3n) is 4.88. The molecule has 2 heterocycles. The molecule has 1 aliphatic carbocycles. The molecule has 0 unspecified atom stereocenters. The van der Waals surface area contributed by atoms with Gasteiger partial charge < -0.3 is 15.0 Å². The van der Waals surface area contributed by atoms with Gasteiger partial charge in [-0.05, 0) is 50.7 Å². The van der Waals surface area contributed by atoms with E-state index in [4.69, 9.17) is 4.74 Å². The minimum absolute atomic E-state index is 0.180. The zero-order valence-electron chi connectivity index (χ0n) is 14.6. The third kappa shape index (κ3) is 5.09. The Morgan fingerprint density at radius 2 is 2.04 bits per heavy atom. The molecular weight excluding hydrogens is 347 g/mol. The molecule has 0 radical (unpaired) electrons. The molecule has 26 heavy (non-hydrogen) atoms. The van der Waals surface area contributed by atoms with Crippen molar-refractivity contribution in [2.45, 2.75) is 56.8 Å². The molecular formula is C18H24F3N3O2. The fraction of sp³-hybridized carbons (Fsp3) is 0.667. The summed E-state index contributed by atoms with van der Waals surface area (Å²) in [4.78, 5) is 19.2. The third-order valence-corrected chi connectivity index (χ3v) is 4.88. The number of nitrogens with one attached hydrogen (secondary N) is 1. The predicted molar refractivity (Wildman–Crippen MR) is 91.2 cm³/mol. The molecule has 1 saturated heterocycles. The van der Waals surface area contributed by atoms with Crippen molar-refractivity contribution in [1.29, 1.82) is 0 Å². The molecule has 1 aromatic heterocycles. The maximum atomic E-state index is 12.7. The standard InChI is InChI=1S/C18H24F3N3O2/c19-18(20,21)12-26-14-6-3-5-13(11-14)23-17(25)15-7-4-8-22-16(15)24-9-1-2-10-24/h4,7-8,13-14H,1-3,5-6,9-12H2,(H,23,25)/t13-,14+/m1/s1. The Kier molecular flexibility index (Phi) is 6.01. The van der Waals surface area contributed by atoms with Crippen molar-refractivity contribution in [2.75, 3.05) is 24.6 Å². The summed E-state index contributed by atoms with van der Waals surface area (Å²) in [5.41, 5.74) is 0.521. The van der Waals surface area contributed by atoms with Gasteiger partial charge in [0.25, 0.3) is 5.91 Å². The first-order valence-electron chi connectivity index (χ1n) is 9.11. The number of amides is 1. The summed E-state index contributed by atoms with van der Waals surface area (Å²) in [6.07, 6.45) is 1.52. The molecule has 1 aromatic rings. The van der Waals surface area contributed by atoms with E-state index in [-0.39, 0.29) is 11.9 Å². The Balaban J connectivity index is 1.59. The van der Waals surface area contributed by atoms with E-state index in [9.17, 15) is 18.0 Å². The monoisotopic (exact) mass is 371 g/mol. The van der Waals surface area contributed by atoms with Crippen molar-refractivity contribution in [1.82, 2.24) is 10.3 Å². The van der Waals surface area contributed by atoms with E-state index in [1.807, 2.05) is 0 Å².